The molecule has 1 fully saturated rings. The third kappa shape index (κ3) is 6.05. The van der Waals surface area contributed by atoms with Gasteiger partial charge in [-0.1, -0.05) is 27.5 Å². The number of halogens is 3. The Bertz CT molecular complexity index is 500. The number of benzene rings is 1. The van der Waals surface area contributed by atoms with Gasteiger partial charge in [0.2, 0.25) is 5.91 Å². The minimum atomic E-state index is -0.00988. The predicted molar refractivity (Wildman–Crippen MR) is 98.1 cm³/mol. The van der Waals surface area contributed by atoms with Gasteiger partial charge in [-0.3, -0.25) is 9.69 Å². The highest BCUT2D eigenvalue weighted by Gasteiger charge is 2.21. The van der Waals surface area contributed by atoms with Crippen LogP contribution in [0.15, 0.2) is 22.7 Å². The first-order valence-electron chi connectivity index (χ1n) is 7.20. The lowest BCUT2D eigenvalue weighted by atomic mass is 9.98. The van der Waals surface area contributed by atoms with Gasteiger partial charge in [-0.15, -0.1) is 12.4 Å². The number of rotatable bonds is 5. The monoisotopic (exact) mass is 409 g/mol. The molecule has 1 aliphatic heterocycles. The minimum absolute atomic E-state index is 0. The highest BCUT2D eigenvalue weighted by molar-refractivity contribution is 9.10. The molecule has 0 spiro atoms. The summed E-state index contributed by atoms with van der Waals surface area (Å²) in [6.45, 7) is 3.40. The summed E-state index contributed by atoms with van der Waals surface area (Å²) < 4.78 is 0.899. The summed E-state index contributed by atoms with van der Waals surface area (Å²) in [7, 11) is 1.97. The molecule has 1 aliphatic rings. The van der Waals surface area contributed by atoms with Gasteiger partial charge in [0.15, 0.2) is 0 Å². The van der Waals surface area contributed by atoms with Crippen molar-refractivity contribution in [3.8, 4) is 0 Å². The molecule has 0 bridgehead atoms. The van der Waals surface area contributed by atoms with Crippen LogP contribution in [0.25, 0.3) is 0 Å². The molecule has 22 heavy (non-hydrogen) atoms. The molecular weight excluding hydrogens is 389 g/mol. The van der Waals surface area contributed by atoms with Crippen molar-refractivity contribution in [3.63, 3.8) is 0 Å². The van der Waals surface area contributed by atoms with Gasteiger partial charge in [-0.25, -0.2) is 0 Å². The first-order valence-corrected chi connectivity index (χ1v) is 8.37. The molecule has 7 heteroatoms. The van der Waals surface area contributed by atoms with Gasteiger partial charge in [0.25, 0.3) is 0 Å². The van der Waals surface area contributed by atoms with Crippen molar-refractivity contribution in [2.45, 2.75) is 12.8 Å². The molecule has 0 aromatic heterocycles. The smallest absolute Gasteiger partial charge is 0.238 e. The van der Waals surface area contributed by atoms with E-state index in [0.717, 1.165) is 30.5 Å². The Kier molecular flexibility index (Phi) is 8.72. The second-order valence-electron chi connectivity index (χ2n) is 5.47. The van der Waals surface area contributed by atoms with Crippen molar-refractivity contribution in [2.24, 2.45) is 5.92 Å². The molecule has 1 atom stereocenters. The lowest BCUT2D eigenvalue weighted by Gasteiger charge is -2.32. The van der Waals surface area contributed by atoms with Crippen LogP contribution in [-0.2, 0) is 4.79 Å². The van der Waals surface area contributed by atoms with E-state index in [1.807, 2.05) is 19.2 Å². The van der Waals surface area contributed by atoms with E-state index in [0.29, 0.717) is 23.2 Å². The van der Waals surface area contributed by atoms with E-state index in [9.17, 15) is 4.79 Å². The van der Waals surface area contributed by atoms with Gasteiger partial charge in [-0.05, 0) is 57.1 Å². The summed E-state index contributed by atoms with van der Waals surface area (Å²) in [5.41, 5.74) is 0.661. The van der Waals surface area contributed by atoms with Crippen molar-refractivity contribution in [3.05, 3.63) is 27.7 Å². The van der Waals surface area contributed by atoms with Crippen LogP contribution in [0.3, 0.4) is 0 Å². The van der Waals surface area contributed by atoms with Crippen LogP contribution in [0, 0.1) is 5.92 Å². The normalized spacial score (nSPS) is 18.6. The Morgan fingerprint density at radius 2 is 2.27 bits per heavy atom. The van der Waals surface area contributed by atoms with Crippen LogP contribution in [-0.4, -0.2) is 44.0 Å². The summed E-state index contributed by atoms with van der Waals surface area (Å²) in [6.07, 6.45) is 2.39. The van der Waals surface area contributed by atoms with Gasteiger partial charge >= 0.3 is 0 Å². The largest absolute Gasteiger partial charge is 0.324 e. The van der Waals surface area contributed by atoms with Crippen LogP contribution in [0.1, 0.15) is 12.8 Å². The third-order valence-electron chi connectivity index (χ3n) is 3.67. The molecule has 1 aromatic carbocycles. The molecule has 0 saturated carbocycles. The van der Waals surface area contributed by atoms with Crippen LogP contribution in [0.5, 0.6) is 0 Å². The van der Waals surface area contributed by atoms with Gasteiger partial charge in [0.1, 0.15) is 0 Å². The molecule has 1 unspecified atom stereocenters. The number of nitrogens with zero attached hydrogens (tertiary/aromatic N) is 1. The number of hydrogen-bond acceptors (Lipinski definition) is 3. The fraction of sp³-hybridized carbons (Fsp3) is 0.533. The number of piperidine rings is 1. The topological polar surface area (TPSA) is 44.4 Å². The standard InChI is InChI=1S/C15H21BrClN3O.ClH/c1-18-8-11-3-2-6-20(9-11)10-15(21)19-14-5-4-12(16)7-13(14)17;/h4-5,7,11,18H,2-3,6,8-10H2,1H3,(H,19,21);1H. The second-order valence-corrected chi connectivity index (χ2v) is 6.80. The van der Waals surface area contributed by atoms with E-state index in [2.05, 4.69) is 31.5 Å². The highest BCUT2D eigenvalue weighted by atomic mass is 79.9. The zero-order chi connectivity index (χ0) is 15.2. The molecule has 0 radical (unpaired) electrons. The maximum Gasteiger partial charge on any atom is 0.238 e. The zero-order valence-electron chi connectivity index (χ0n) is 12.6. The van der Waals surface area contributed by atoms with Crippen LogP contribution in [0.2, 0.25) is 5.02 Å². The van der Waals surface area contributed by atoms with Crippen LogP contribution >= 0.6 is 39.9 Å². The molecule has 0 aliphatic carbocycles. The van der Waals surface area contributed by atoms with Gasteiger partial charge in [0, 0.05) is 11.0 Å². The second kappa shape index (κ2) is 9.73. The first-order chi connectivity index (χ1) is 10.1. The van der Waals surface area contributed by atoms with E-state index in [1.54, 1.807) is 6.07 Å². The van der Waals surface area contributed by atoms with E-state index in [1.165, 1.54) is 6.42 Å². The highest BCUT2D eigenvalue weighted by Crippen LogP contribution is 2.25. The SMILES string of the molecule is CNCC1CCCN(CC(=O)Nc2ccc(Br)cc2Cl)C1.Cl. The Balaban J connectivity index is 0.00000242. The maximum absolute atomic E-state index is 12.1. The molecule has 2 N–H and O–H groups in total. The molecule has 2 rings (SSSR count). The number of carbonyl (C=O) groups is 1. The number of likely N-dealkylation sites (tertiary alicyclic amines) is 1. The molecule has 1 amide bonds. The Hall–Kier alpha value is -0.330. The fourth-order valence-corrected chi connectivity index (χ4v) is 3.45. The molecule has 1 saturated heterocycles. The minimum Gasteiger partial charge on any atom is -0.324 e. The maximum atomic E-state index is 12.1. The van der Waals surface area contributed by atoms with Gasteiger partial charge in [-0.2, -0.15) is 0 Å². The van der Waals surface area contributed by atoms with Gasteiger partial charge < -0.3 is 10.6 Å². The van der Waals surface area contributed by atoms with Crippen molar-refractivity contribution in [2.75, 3.05) is 38.5 Å². The number of hydrogen-bond donors (Lipinski definition) is 2. The van der Waals surface area contributed by atoms with E-state index < -0.39 is 0 Å². The summed E-state index contributed by atoms with van der Waals surface area (Å²) in [5.74, 6) is 0.622. The number of carbonyl (C=O) groups excluding carboxylic acids is 1. The third-order valence-corrected chi connectivity index (χ3v) is 4.47. The number of amides is 1. The lowest BCUT2D eigenvalue weighted by Crippen LogP contribution is -2.42. The molecule has 1 heterocycles. The van der Waals surface area contributed by atoms with Crippen LogP contribution in [0.4, 0.5) is 5.69 Å². The number of anilines is 1. The van der Waals surface area contributed by atoms with Crippen molar-refractivity contribution >= 4 is 51.5 Å². The Morgan fingerprint density at radius 3 is 2.95 bits per heavy atom. The molecule has 1 aromatic rings. The van der Waals surface area contributed by atoms with Crippen molar-refractivity contribution < 1.29 is 4.79 Å². The average Bonchev–Trinajstić information content (AvgIpc) is 2.43. The van der Waals surface area contributed by atoms with E-state index in [-0.39, 0.29) is 18.3 Å². The predicted octanol–water partition coefficient (Wildman–Crippen LogP) is 3.39. The van der Waals surface area contributed by atoms with Crippen LogP contribution < -0.4 is 10.6 Å². The quantitative estimate of drug-likeness (QED) is 0.781. The molecule has 124 valence electrons. The molecule has 4 nitrogen and oxygen atoms in total. The molecular formula is C15H22BrCl2N3O. The van der Waals surface area contributed by atoms with Gasteiger partial charge in [0.05, 0.1) is 17.3 Å². The van der Waals surface area contributed by atoms with Crippen molar-refractivity contribution in [1.29, 1.82) is 0 Å². The van der Waals surface area contributed by atoms with Crippen molar-refractivity contribution in [1.82, 2.24) is 10.2 Å². The first kappa shape index (κ1) is 19.7. The summed E-state index contributed by atoms with van der Waals surface area (Å²) >= 11 is 9.47. The van der Waals surface area contributed by atoms with E-state index >= 15 is 0 Å². The number of nitrogens with one attached hydrogen (secondary N) is 2. The lowest BCUT2D eigenvalue weighted by molar-refractivity contribution is -0.117. The summed E-state index contributed by atoms with van der Waals surface area (Å²) in [4.78, 5) is 14.4. The fourth-order valence-electron chi connectivity index (χ4n) is 2.73. The van der Waals surface area contributed by atoms with E-state index in [4.69, 9.17) is 11.6 Å². The summed E-state index contributed by atoms with van der Waals surface area (Å²) in [6, 6.07) is 5.46. The Labute approximate surface area is 151 Å². The zero-order valence-corrected chi connectivity index (χ0v) is 15.7. The average molecular weight is 411 g/mol. The Morgan fingerprint density at radius 1 is 1.50 bits per heavy atom. The summed E-state index contributed by atoms with van der Waals surface area (Å²) in [5, 5.41) is 6.64.